The number of piperidine rings is 1. The van der Waals surface area contributed by atoms with Gasteiger partial charge in [-0.05, 0) is 60.7 Å². The van der Waals surface area contributed by atoms with Gasteiger partial charge in [-0.1, -0.05) is 35.0 Å². The van der Waals surface area contributed by atoms with Crippen LogP contribution in [0.3, 0.4) is 0 Å². The van der Waals surface area contributed by atoms with Crippen molar-refractivity contribution >= 4 is 32.6 Å². The molecule has 1 amide bonds. The van der Waals surface area contributed by atoms with Crippen molar-refractivity contribution in [1.29, 1.82) is 0 Å². The fourth-order valence-electron chi connectivity index (χ4n) is 3.22. The van der Waals surface area contributed by atoms with E-state index in [1.54, 1.807) is 0 Å². The lowest BCUT2D eigenvalue weighted by Gasteiger charge is -2.36. The summed E-state index contributed by atoms with van der Waals surface area (Å²) in [6.45, 7) is 5.30. The second-order valence-corrected chi connectivity index (χ2v) is 7.10. The van der Waals surface area contributed by atoms with Gasteiger partial charge in [0.1, 0.15) is 0 Å². The highest BCUT2D eigenvalue weighted by Crippen LogP contribution is 2.26. The van der Waals surface area contributed by atoms with Crippen molar-refractivity contribution in [2.24, 2.45) is 5.92 Å². The van der Waals surface area contributed by atoms with Crippen molar-refractivity contribution in [2.75, 3.05) is 6.54 Å². The highest BCUT2D eigenvalue weighted by Gasteiger charge is 2.27. The quantitative estimate of drug-likeness (QED) is 0.722. The third kappa shape index (κ3) is 2.98. The molecule has 21 heavy (non-hydrogen) atoms. The number of halogens is 1. The summed E-state index contributed by atoms with van der Waals surface area (Å²) in [5.74, 6) is 0.886. The molecule has 2 unspecified atom stereocenters. The van der Waals surface area contributed by atoms with Crippen LogP contribution in [0.25, 0.3) is 10.8 Å². The average Bonchev–Trinajstić information content (AvgIpc) is 2.46. The summed E-state index contributed by atoms with van der Waals surface area (Å²) in [4.78, 5) is 14.8. The fourth-order valence-corrected chi connectivity index (χ4v) is 3.60. The summed E-state index contributed by atoms with van der Waals surface area (Å²) in [6.07, 6.45) is 2.21. The van der Waals surface area contributed by atoms with E-state index in [0.717, 1.165) is 46.1 Å². The zero-order chi connectivity index (χ0) is 15.0. The van der Waals surface area contributed by atoms with Crippen molar-refractivity contribution in [1.82, 2.24) is 4.90 Å². The molecule has 1 fully saturated rings. The van der Waals surface area contributed by atoms with E-state index >= 15 is 0 Å². The number of likely N-dealkylation sites (tertiary alicyclic amines) is 1. The van der Waals surface area contributed by atoms with Crippen molar-refractivity contribution in [3.63, 3.8) is 0 Å². The van der Waals surface area contributed by atoms with Crippen LogP contribution < -0.4 is 0 Å². The van der Waals surface area contributed by atoms with Gasteiger partial charge in [0.25, 0.3) is 5.91 Å². The standard InChI is InChI=1S/C18H20BrNO/c1-12-7-8-20(13(2)9-12)18(21)16-4-3-15-11-17(19)6-5-14(15)10-16/h3-6,10-13H,7-9H2,1-2H3. The number of amides is 1. The molecule has 2 atom stereocenters. The summed E-state index contributed by atoms with van der Waals surface area (Å²) in [6, 6.07) is 12.5. The van der Waals surface area contributed by atoms with Gasteiger partial charge < -0.3 is 4.90 Å². The molecule has 0 spiro atoms. The maximum absolute atomic E-state index is 12.7. The first-order valence-electron chi connectivity index (χ1n) is 7.55. The summed E-state index contributed by atoms with van der Waals surface area (Å²) in [5.41, 5.74) is 0.797. The van der Waals surface area contributed by atoms with Gasteiger partial charge in [0.2, 0.25) is 0 Å². The molecule has 1 heterocycles. The van der Waals surface area contributed by atoms with E-state index in [-0.39, 0.29) is 5.91 Å². The third-order valence-electron chi connectivity index (χ3n) is 4.45. The molecular formula is C18H20BrNO. The summed E-state index contributed by atoms with van der Waals surface area (Å²) < 4.78 is 1.06. The molecular weight excluding hydrogens is 326 g/mol. The summed E-state index contributed by atoms with van der Waals surface area (Å²) in [5, 5.41) is 2.27. The van der Waals surface area contributed by atoms with E-state index < -0.39 is 0 Å². The highest BCUT2D eigenvalue weighted by molar-refractivity contribution is 9.10. The van der Waals surface area contributed by atoms with Crippen molar-refractivity contribution in [3.8, 4) is 0 Å². The average molecular weight is 346 g/mol. The third-order valence-corrected chi connectivity index (χ3v) is 4.94. The van der Waals surface area contributed by atoms with Crippen LogP contribution in [0.1, 0.15) is 37.0 Å². The second kappa shape index (κ2) is 5.80. The minimum atomic E-state index is 0.166. The predicted molar refractivity (Wildman–Crippen MR) is 90.5 cm³/mol. The molecule has 1 saturated heterocycles. The molecule has 110 valence electrons. The predicted octanol–water partition coefficient (Wildman–Crippen LogP) is 4.86. The topological polar surface area (TPSA) is 20.3 Å². The Kier molecular flexibility index (Phi) is 4.03. The van der Waals surface area contributed by atoms with E-state index in [0.29, 0.717) is 6.04 Å². The van der Waals surface area contributed by atoms with E-state index in [9.17, 15) is 4.79 Å². The number of benzene rings is 2. The number of hydrogen-bond acceptors (Lipinski definition) is 1. The molecule has 0 N–H and O–H groups in total. The molecule has 2 aromatic carbocycles. The zero-order valence-electron chi connectivity index (χ0n) is 12.5. The second-order valence-electron chi connectivity index (χ2n) is 6.18. The molecule has 2 nitrogen and oxygen atoms in total. The number of hydrogen-bond donors (Lipinski definition) is 0. The van der Waals surface area contributed by atoms with Crippen LogP contribution in [-0.4, -0.2) is 23.4 Å². The van der Waals surface area contributed by atoms with Crippen LogP contribution in [0.15, 0.2) is 40.9 Å². The van der Waals surface area contributed by atoms with Crippen LogP contribution in [0, 0.1) is 5.92 Å². The molecule has 1 aliphatic heterocycles. The Hall–Kier alpha value is -1.35. The van der Waals surface area contributed by atoms with Crippen LogP contribution in [0.2, 0.25) is 0 Å². The Bertz CT molecular complexity index is 682. The lowest BCUT2D eigenvalue weighted by atomic mass is 9.92. The fraction of sp³-hybridized carbons (Fsp3) is 0.389. The minimum absolute atomic E-state index is 0.166. The number of carbonyl (C=O) groups excluding carboxylic acids is 1. The van der Waals surface area contributed by atoms with Gasteiger partial charge in [-0.2, -0.15) is 0 Å². The maximum atomic E-state index is 12.7. The normalized spacial score (nSPS) is 22.5. The molecule has 3 heteroatoms. The Morgan fingerprint density at radius 1 is 1.14 bits per heavy atom. The Balaban J connectivity index is 1.89. The van der Waals surface area contributed by atoms with Gasteiger partial charge in [-0.3, -0.25) is 4.79 Å². The van der Waals surface area contributed by atoms with Crippen molar-refractivity contribution in [2.45, 2.75) is 32.7 Å². The maximum Gasteiger partial charge on any atom is 0.254 e. The molecule has 1 aliphatic rings. The van der Waals surface area contributed by atoms with Gasteiger partial charge in [-0.25, -0.2) is 0 Å². The number of rotatable bonds is 1. The lowest BCUT2D eigenvalue weighted by Crippen LogP contribution is -2.44. The minimum Gasteiger partial charge on any atom is -0.336 e. The van der Waals surface area contributed by atoms with Crippen LogP contribution in [0.4, 0.5) is 0 Å². The molecule has 0 aromatic heterocycles. The van der Waals surface area contributed by atoms with E-state index in [1.165, 1.54) is 0 Å². The first kappa shape index (κ1) is 14.6. The van der Waals surface area contributed by atoms with Gasteiger partial charge in [0, 0.05) is 22.6 Å². The Morgan fingerprint density at radius 2 is 1.86 bits per heavy atom. The number of carbonyl (C=O) groups is 1. The first-order valence-corrected chi connectivity index (χ1v) is 8.34. The van der Waals surface area contributed by atoms with Crippen LogP contribution in [0.5, 0.6) is 0 Å². The number of fused-ring (bicyclic) bond motifs is 1. The summed E-state index contributed by atoms with van der Waals surface area (Å²) >= 11 is 3.48. The molecule has 0 saturated carbocycles. The largest absolute Gasteiger partial charge is 0.336 e. The lowest BCUT2D eigenvalue weighted by molar-refractivity contribution is 0.0589. The van der Waals surface area contributed by atoms with E-state index in [2.05, 4.69) is 41.9 Å². The monoisotopic (exact) mass is 345 g/mol. The van der Waals surface area contributed by atoms with Crippen LogP contribution in [-0.2, 0) is 0 Å². The molecule has 2 aromatic rings. The van der Waals surface area contributed by atoms with E-state index in [4.69, 9.17) is 0 Å². The number of nitrogens with zero attached hydrogens (tertiary/aromatic N) is 1. The zero-order valence-corrected chi connectivity index (χ0v) is 14.1. The van der Waals surface area contributed by atoms with Crippen molar-refractivity contribution < 1.29 is 4.79 Å². The molecule has 0 bridgehead atoms. The molecule has 3 rings (SSSR count). The highest BCUT2D eigenvalue weighted by atomic mass is 79.9. The van der Waals surface area contributed by atoms with Gasteiger partial charge in [0.15, 0.2) is 0 Å². The van der Waals surface area contributed by atoms with E-state index in [1.807, 2.05) is 29.2 Å². The summed E-state index contributed by atoms with van der Waals surface area (Å²) in [7, 11) is 0. The van der Waals surface area contributed by atoms with Gasteiger partial charge >= 0.3 is 0 Å². The van der Waals surface area contributed by atoms with Crippen molar-refractivity contribution in [3.05, 3.63) is 46.4 Å². The van der Waals surface area contributed by atoms with Crippen LogP contribution >= 0.6 is 15.9 Å². The Labute approximate surface area is 134 Å². The molecule has 0 radical (unpaired) electrons. The Morgan fingerprint density at radius 3 is 2.62 bits per heavy atom. The molecule has 0 aliphatic carbocycles. The van der Waals surface area contributed by atoms with Gasteiger partial charge in [-0.15, -0.1) is 0 Å². The first-order chi connectivity index (χ1) is 10.0. The van der Waals surface area contributed by atoms with Gasteiger partial charge in [0.05, 0.1) is 0 Å². The SMILES string of the molecule is CC1CCN(C(=O)c2ccc3cc(Br)ccc3c2)C(C)C1. The smallest absolute Gasteiger partial charge is 0.254 e.